The van der Waals surface area contributed by atoms with E-state index in [1.165, 1.54) is 6.42 Å². The van der Waals surface area contributed by atoms with Crippen LogP contribution in [0.5, 0.6) is 0 Å². The topological polar surface area (TPSA) is 53.7 Å². The summed E-state index contributed by atoms with van der Waals surface area (Å²) in [6.07, 6.45) is 2.23. The molecule has 20 heavy (non-hydrogen) atoms. The second-order valence-electron chi connectivity index (χ2n) is 6.55. The van der Waals surface area contributed by atoms with E-state index in [-0.39, 0.29) is 12.5 Å². The van der Waals surface area contributed by atoms with E-state index in [2.05, 4.69) is 6.92 Å². The zero-order chi connectivity index (χ0) is 14.9. The molecule has 1 aromatic heterocycles. The zero-order valence-electron chi connectivity index (χ0n) is 12.8. The Balaban J connectivity index is 1.85. The minimum absolute atomic E-state index is 0.0294. The fourth-order valence-electron chi connectivity index (χ4n) is 2.29. The molecular weight excluding hydrogens is 254 g/mol. The molecule has 0 bridgehead atoms. The summed E-state index contributed by atoms with van der Waals surface area (Å²) in [5, 5.41) is 9.28. The third-order valence-electron chi connectivity index (χ3n) is 4.41. The van der Waals surface area contributed by atoms with E-state index in [1.807, 2.05) is 26.0 Å². The van der Waals surface area contributed by atoms with Crippen molar-refractivity contribution >= 4 is 5.91 Å². The second kappa shape index (κ2) is 5.60. The summed E-state index contributed by atoms with van der Waals surface area (Å²) in [7, 11) is 1.73. The highest BCUT2D eigenvalue weighted by Gasteiger charge is 2.36. The molecule has 0 spiro atoms. The van der Waals surface area contributed by atoms with E-state index >= 15 is 0 Å². The lowest BCUT2D eigenvalue weighted by Gasteiger charge is -2.34. The molecule has 0 aromatic carbocycles. The molecule has 1 N–H and O–H groups in total. The van der Waals surface area contributed by atoms with E-state index in [4.69, 9.17) is 4.42 Å². The van der Waals surface area contributed by atoms with E-state index in [9.17, 15) is 9.90 Å². The Morgan fingerprint density at radius 3 is 2.70 bits per heavy atom. The number of aryl methyl sites for hydroxylation is 1. The van der Waals surface area contributed by atoms with Crippen LogP contribution in [0.25, 0.3) is 0 Å². The average Bonchev–Trinajstić information content (AvgIpc) is 2.97. The van der Waals surface area contributed by atoms with Gasteiger partial charge in [-0.05, 0) is 38.3 Å². The summed E-state index contributed by atoms with van der Waals surface area (Å²) in [4.78, 5) is 13.7. The van der Waals surface area contributed by atoms with Crippen molar-refractivity contribution in [1.82, 2.24) is 4.90 Å². The molecule has 1 aromatic rings. The molecule has 2 unspecified atom stereocenters. The molecule has 2 atom stereocenters. The molecule has 0 saturated heterocycles. The predicted octanol–water partition coefficient (Wildman–Crippen LogP) is 2.56. The maximum atomic E-state index is 12.1. The molecule has 4 heteroatoms. The lowest BCUT2D eigenvalue weighted by Crippen LogP contribution is -2.47. The number of aliphatic hydroxyl groups is 1. The number of likely N-dealkylation sites (N-methyl/N-ethyl adjacent to an activating group) is 1. The van der Waals surface area contributed by atoms with Crippen molar-refractivity contribution < 1.29 is 14.3 Å². The fourth-order valence-corrected chi connectivity index (χ4v) is 2.29. The Morgan fingerprint density at radius 1 is 1.50 bits per heavy atom. The quantitative estimate of drug-likeness (QED) is 0.870. The number of rotatable bonds is 6. The summed E-state index contributed by atoms with van der Waals surface area (Å²) >= 11 is 0. The number of nitrogens with zero attached hydrogens (tertiary/aromatic N) is 1. The third kappa shape index (κ3) is 3.23. The standard InChI is InChI=1S/C16H25NO3/c1-11-9-13(11)14-7-5-12(20-14)6-8-15(19)17(4)16(2,3)10-18/h5,7,11,13,18H,6,8-10H2,1-4H3. The van der Waals surface area contributed by atoms with Crippen molar-refractivity contribution in [3.8, 4) is 0 Å². The van der Waals surface area contributed by atoms with Gasteiger partial charge in [-0.15, -0.1) is 0 Å². The SMILES string of the molecule is CC1CC1c1ccc(CCC(=O)N(C)C(C)(C)CO)o1. The molecule has 1 saturated carbocycles. The Hall–Kier alpha value is -1.29. The summed E-state index contributed by atoms with van der Waals surface area (Å²) in [6.45, 7) is 5.89. The lowest BCUT2D eigenvalue weighted by atomic mass is 10.0. The van der Waals surface area contributed by atoms with Crippen LogP contribution >= 0.6 is 0 Å². The number of amides is 1. The van der Waals surface area contributed by atoms with Crippen LogP contribution in [0.15, 0.2) is 16.5 Å². The molecule has 1 heterocycles. The van der Waals surface area contributed by atoms with Crippen LogP contribution in [0, 0.1) is 5.92 Å². The maximum absolute atomic E-state index is 12.1. The molecule has 1 amide bonds. The Kier molecular flexibility index (Phi) is 4.23. The van der Waals surface area contributed by atoms with Gasteiger partial charge in [-0.25, -0.2) is 0 Å². The van der Waals surface area contributed by atoms with Crippen molar-refractivity contribution in [2.24, 2.45) is 5.92 Å². The Labute approximate surface area is 120 Å². The first-order chi connectivity index (χ1) is 9.35. The number of furan rings is 1. The highest BCUT2D eigenvalue weighted by molar-refractivity contribution is 5.76. The van der Waals surface area contributed by atoms with Gasteiger partial charge in [-0.1, -0.05) is 6.92 Å². The smallest absolute Gasteiger partial charge is 0.223 e. The van der Waals surface area contributed by atoms with Crippen LogP contribution in [0.2, 0.25) is 0 Å². The first-order valence-electron chi connectivity index (χ1n) is 7.31. The first-order valence-corrected chi connectivity index (χ1v) is 7.31. The summed E-state index contributed by atoms with van der Waals surface area (Å²) in [6, 6.07) is 4.01. The van der Waals surface area contributed by atoms with Crippen LogP contribution in [-0.2, 0) is 11.2 Å². The average molecular weight is 279 g/mol. The van der Waals surface area contributed by atoms with Crippen LogP contribution in [0.1, 0.15) is 51.1 Å². The predicted molar refractivity (Wildman–Crippen MR) is 77.5 cm³/mol. The van der Waals surface area contributed by atoms with Gasteiger partial charge in [0.1, 0.15) is 11.5 Å². The molecule has 2 rings (SSSR count). The lowest BCUT2D eigenvalue weighted by molar-refractivity contribution is -0.136. The van der Waals surface area contributed by atoms with Crippen molar-refractivity contribution in [2.45, 2.75) is 51.5 Å². The van der Waals surface area contributed by atoms with Crippen LogP contribution < -0.4 is 0 Å². The Bertz CT molecular complexity index is 478. The van der Waals surface area contributed by atoms with Gasteiger partial charge >= 0.3 is 0 Å². The monoisotopic (exact) mass is 279 g/mol. The van der Waals surface area contributed by atoms with Crippen LogP contribution in [0.4, 0.5) is 0 Å². The molecule has 0 radical (unpaired) electrons. The van der Waals surface area contributed by atoms with Gasteiger partial charge in [0.2, 0.25) is 5.91 Å². The number of hydrogen-bond acceptors (Lipinski definition) is 3. The van der Waals surface area contributed by atoms with Gasteiger partial charge in [-0.3, -0.25) is 4.79 Å². The normalized spacial score (nSPS) is 21.9. The summed E-state index contributed by atoms with van der Waals surface area (Å²) < 4.78 is 5.80. The van der Waals surface area contributed by atoms with Crippen LogP contribution in [0.3, 0.4) is 0 Å². The number of carbonyl (C=O) groups is 1. The molecule has 4 nitrogen and oxygen atoms in total. The van der Waals surface area contributed by atoms with Gasteiger partial charge < -0.3 is 14.4 Å². The van der Waals surface area contributed by atoms with Crippen LogP contribution in [-0.4, -0.2) is 35.1 Å². The first kappa shape index (κ1) is 15.1. The summed E-state index contributed by atoms with van der Waals surface area (Å²) in [5.41, 5.74) is -0.519. The number of aliphatic hydroxyl groups excluding tert-OH is 1. The van der Waals surface area contributed by atoms with E-state index in [0.717, 1.165) is 17.4 Å². The molecule has 1 fully saturated rings. The van der Waals surface area contributed by atoms with Crippen molar-refractivity contribution in [3.05, 3.63) is 23.7 Å². The van der Waals surface area contributed by atoms with Crippen molar-refractivity contribution in [3.63, 3.8) is 0 Å². The highest BCUT2D eigenvalue weighted by Crippen LogP contribution is 2.47. The Morgan fingerprint density at radius 2 is 2.15 bits per heavy atom. The maximum Gasteiger partial charge on any atom is 0.223 e. The third-order valence-corrected chi connectivity index (χ3v) is 4.41. The summed E-state index contributed by atoms with van der Waals surface area (Å²) in [5.74, 6) is 3.27. The van der Waals surface area contributed by atoms with Crippen molar-refractivity contribution in [1.29, 1.82) is 0 Å². The van der Waals surface area contributed by atoms with E-state index < -0.39 is 5.54 Å². The van der Waals surface area contributed by atoms with Gasteiger partial charge in [0.25, 0.3) is 0 Å². The molecule has 0 aliphatic heterocycles. The van der Waals surface area contributed by atoms with E-state index in [1.54, 1.807) is 11.9 Å². The minimum Gasteiger partial charge on any atom is -0.466 e. The zero-order valence-corrected chi connectivity index (χ0v) is 12.8. The van der Waals surface area contributed by atoms with E-state index in [0.29, 0.717) is 18.8 Å². The minimum atomic E-state index is -0.519. The number of carbonyl (C=O) groups excluding carboxylic acids is 1. The molecule has 1 aliphatic carbocycles. The van der Waals surface area contributed by atoms with Gasteiger partial charge in [0, 0.05) is 25.8 Å². The van der Waals surface area contributed by atoms with Gasteiger partial charge in [0.05, 0.1) is 12.1 Å². The second-order valence-corrected chi connectivity index (χ2v) is 6.55. The molecular formula is C16H25NO3. The van der Waals surface area contributed by atoms with Gasteiger partial charge in [-0.2, -0.15) is 0 Å². The van der Waals surface area contributed by atoms with Crippen molar-refractivity contribution in [2.75, 3.05) is 13.7 Å². The van der Waals surface area contributed by atoms with Gasteiger partial charge in [0.15, 0.2) is 0 Å². The number of hydrogen-bond donors (Lipinski definition) is 1. The fraction of sp³-hybridized carbons (Fsp3) is 0.688. The molecule has 112 valence electrons. The molecule has 1 aliphatic rings. The largest absolute Gasteiger partial charge is 0.466 e. The highest BCUT2D eigenvalue weighted by atomic mass is 16.3.